The van der Waals surface area contributed by atoms with Gasteiger partial charge in [-0.2, -0.15) is 5.10 Å². The van der Waals surface area contributed by atoms with Gasteiger partial charge in [0.2, 0.25) is 0 Å². The van der Waals surface area contributed by atoms with Gasteiger partial charge in [0.1, 0.15) is 0 Å². The zero-order valence-corrected chi connectivity index (χ0v) is 11.7. The van der Waals surface area contributed by atoms with Gasteiger partial charge in [0.15, 0.2) is 0 Å². The van der Waals surface area contributed by atoms with Crippen LogP contribution in [-0.2, 0) is 26.4 Å². The molecule has 0 spiro atoms. The summed E-state index contributed by atoms with van der Waals surface area (Å²) >= 11 is 0. The first-order valence-electron chi connectivity index (χ1n) is 6.83. The normalized spacial score (nSPS) is 11.1. The monoisotopic (exact) mass is 262 g/mol. The predicted octanol–water partition coefficient (Wildman–Crippen LogP) is 0.904. The second kappa shape index (κ2) is 6.47. The summed E-state index contributed by atoms with van der Waals surface area (Å²) < 4.78 is 3.78. The van der Waals surface area contributed by atoms with Gasteiger partial charge in [-0.1, -0.05) is 12.1 Å². The van der Waals surface area contributed by atoms with E-state index in [4.69, 9.17) is 5.73 Å². The number of rotatable bonds is 7. The fourth-order valence-corrected chi connectivity index (χ4v) is 2.04. The number of aryl methyl sites for hydroxylation is 3. The molecular formula is C13H22N6. The average molecular weight is 262 g/mol. The molecule has 104 valence electrons. The van der Waals surface area contributed by atoms with Crippen molar-refractivity contribution in [2.45, 2.75) is 39.2 Å². The van der Waals surface area contributed by atoms with Gasteiger partial charge in [0.05, 0.1) is 23.6 Å². The first-order chi connectivity index (χ1) is 9.22. The lowest BCUT2D eigenvalue weighted by Gasteiger charge is -2.00. The SMILES string of the molecule is CCc1cc(Cn2cc(CCCCN)nn2)n(C)n1. The Labute approximate surface area is 113 Å². The van der Waals surface area contributed by atoms with E-state index in [0.717, 1.165) is 49.3 Å². The van der Waals surface area contributed by atoms with Crippen molar-refractivity contribution in [3.05, 3.63) is 29.3 Å². The Morgan fingerprint density at radius 2 is 2.11 bits per heavy atom. The third-order valence-corrected chi connectivity index (χ3v) is 3.19. The van der Waals surface area contributed by atoms with Crippen LogP contribution in [0.1, 0.15) is 36.8 Å². The first-order valence-corrected chi connectivity index (χ1v) is 6.83. The third kappa shape index (κ3) is 3.64. The highest BCUT2D eigenvalue weighted by molar-refractivity contribution is 5.10. The van der Waals surface area contributed by atoms with Crippen LogP contribution < -0.4 is 5.73 Å². The van der Waals surface area contributed by atoms with Crippen molar-refractivity contribution in [3.8, 4) is 0 Å². The van der Waals surface area contributed by atoms with Crippen molar-refractivity contribution in [2.24, 2.45) is 12.8 Å². The van der Waals surface area contributed by atoms with E-state index in [1.54, 1.807) is 0 Å². The van der Waals surface area contributed by atoms with Crippen molar-refractivity contribution in [1.29, 1.82) is 0 Å². The van der Waals surface area contributed by atoms with E-state index >= 15 is 0 Å². The number of hydrogen-bond acceptors (Lipinski definition) is 4. The molecule has 0 atom stereocenters. The second-order valence-electron chi connectivity index (χ2n) is 4.76. The van der Waals surface area contributed by atoms with Crippen molar-refractivity contribution >= 4 is 0 Å². The topological polar surface area (TPSA) is 74.6 Å². The van der Waals surface area contributed by atoms with E-state index in [1.165, 1.54) is 0 Å². The van der Waals surface area contributed by atoms with Crippen molar-refractivity contribution < 1.29 is 0 Å². The molecule has 6 heteroatoms. The number of nitrogens with two attached hydrogens (primary N) is 1. The van der Waals surface area contributed by atoms with Crippen LogP contribution in [0.5, 0.6) is 0 Å². The number of hydrogen-bond donors (Lipinski definition) is 1. The van der Waals surface area contributed by atoms with Gasteiger partial charge < -0.3 is 5.73 Å². The van der Waals surface area contributed by atoms with E-state index in [-0.39, 0.29) is 0 Å². The van der Waals surface area contributed by atoms with E-state index < -0.39 is 0 Å². The van der Waals surface area contributed by atoms with Crippen LogP contribution in [0.15, 0.2) is 12.3 Å². The molecule has 0 aromatic carbocycles. The Hall–Kier alpha value is -1.69. The van der Waals surface area contributed by atoms with E-state index in [9.17, 15) is 0 Å². The van der Waals surface area contributed by atoms with Crippen LogP contribution in [0.3, 0.4) is 0 Å². The standard InChI is InChI=1S/C13H22N6/c1-3-11-8-13(18(2)16-11)10-19-9-12(15-17-19)6-4-5-7-14/h8-9H,3-7,10,14H2,1-2H3. The first kappa shape index (κ1) is 13.7. The van der Waals surface area contributed by atoms with Crippen molar-refractivity contribution in [3.63, 3.8) is 0 Å². The summed E-state index contributed by atoms with van der Waals surface area (Å²) in [5.41, 5.74) is 8.78. The molecule has 0 amide bonds. The zero-order chi connectivity index (χ0) is 13.7. The highest BCUT2D eigenvalue weighted by Crippen LogP contribution is 2.07. The minimum absolute atomic E-state index is 0.716. The molecule has 2 N–H and O–H groups in total. The van der Waals surface area contributed by atoms with Crippen LogP contribution in [0, 0.1) is 0 Å². The lowest BCUT2D eigenvalue weighted by atomic mass is 10.2. The zero-order valence-electron chi connectivity index (χ0n) is 11.7. The Kier molecular flexibility index (Phi) is 4.68. The van der Waals surface area contributed by atoms with Crippen molar-refractivity contribution in [1.82, 2.24) is 24.8 Å². The second-order valence-corrected chi connectivity index (χ2v) is 4.76. The summed E-state index contributed by atoms with van der Waals surface area (Å²) in [5, 5.41) is 12.8. The quantitative estimate of drug-likeness (QED) is 0.752. The largest absolute Gasteiger partial charge is 0.330 e. The minimum Gasteiger partial charge on any atom is -0.330 e. The van der Waals surface area contributed by atoms with E-state index in [2.05, 4.69) is 28.4 Å². The van der Waals surface area contributed by atoms with Crippen LogP contribution in [-0.4, -0.2) is 31.3 Å². The maximum absolute atomic E-state index is 5.48. The third-order valence-electron chi connectivity index (χ3n) is 3.19. The molecule has 2 heterocycles. The molecule has 0 fully saturated rings. The summed E-state index contributed by atoms with van der Waals surface area (Å²) in [6.07, 6.45) is 6.02. The molecule has 0 aliphatic heterocycles. The van der Waals surface area contributed by atoms with Crippen LogP contribution >= 0.6 is 0 Å². The molecule has 0 saturated heterocycles. The smallest absolute Gasteiger partial charge is 0.0846 e. The van der Waals surface area contributed by atoms with Gasteiger partial charge in [-0.25, -0.2) is 4.68 Å². The van der Waals surface area contributed by atoms with Crippen LogP contribution in [0.4, 0.5) is 0 Å². The fraction of sp³-hybridized carbons (Fsp3) is 0.615. The Morgan fingerprint density at radius 3 is 2.79 bits per heavy atom. The fourth-order valence-electron chi connectivity index (χ4n) is 2.04. The molecule has 0 unspecified atom stereocenters. The Morgan fingerprint density at radius 1 is 1.26 bits per heavy atom. The molecule has 2 rings (SSSR count). The molecule has 0 aliphatic rings. The van der Waals surface area contributed by atoms with Gasteiger partial charge in [-0.15, -0.1) is 5.10 Å². The molecule has 2 aromatic heterocycles. The lowest BCUT2D eigenvalue weighted by Crippen LogP contribution is -2.06. The number of nitrogens with zero attached hydrogens (tertiary/aromatic N) is 5. The molecule has 0 radical (unpaired) electrons. The Balaban J connectivity index is 1.97. The maximum atomic E-state index is 5.48. The van der Waals surface area contributed by atoms with Gasteiger partial charge in [-0.05, 0) is 38.3 Å². The summed E-state index contributed by atoms with van der Waals surface area (Å²) in [4.78, 5) is 0. The van der Waals surface area contributed by atoms with Crippen molar-refractivity contribution in [2.75, 3.05) is 6.54 Å². The average Bonchev–Trinajstić information content (AvgIpc) is 2.98. The van der Waals surface area contributed by atoms with Gasteiger partial charge in [0.25, 0.3) is 0 Å². The van der Waals surface area contributed by atoms with Crippen LogP contribution in [0.25, 0.3) is 0 Å². The van der Waals surface area contributed by atoms with Gasteiger partial charge in [0, 0.05) is 13.2 Å². The number of aromatic nitrogens is 5. The molecule has 2 aromatic rings. The molecule has 19 heavy (non-hydrogen) atoms. The maximum Gasteiger partial charge on any atom is 0.0846 e. The van der Waals surface area contributed by atoms with E-state index in [1.807, 2.05) is 22.6 Å². The number of unbranched alkanes of at least 4 members (excludes halogenated alkanes) is 1. The summed E-state index contributed by atoms with van der Waals surface area (Å²) in [7, 11) is 1.97. The van der Waals surface area contributed by atoms with Gasteiger partial charge in [-0.3, -0.25) is 4.68 Å². The summed E-state index contributed by atoms with van der Waals surface area (Å²) in [6.45, 7) is 3.56. The highest BCUT2D eigenvalue weighted by Gasteiger charge is 2.06. The minimum atomic E-state index is 0.716. The predicted molar refractivity (Wildman–Crippen MR) is 73.7 cm³/mol. The molecular weight excluding hydrogens is 240 g/mol. The Bertz CT molecular complexity index is 513. The van der Waals surface area contributed by atoms with E-state index in [0.29, 0.717) is 6.54 Å². The molecule has 0 aliphatic carbocycles. The molecule has 0 bridgehead atoms. The summed E-state index contributed by atoms with van der Waals surface area (Å²) in [5.74, 6) is 0. The highest BCUT2D eigenvalue weighted by atomic mass is 15.4. The van der Waals surface area contributed by atoms with Gasteiger partial charge >= 0.3 is 0 Å². The molecule has 0 saturated carbocycles. The van der Waals surface area contributed by atoms with Crippen LogP contribution in [0.2, 0.25) is 0 Å². The summed E-state index contributed by atoms with van der Waals surface area (Å²) in [6, 6.07) is 2.12. The lowest BCUT2D eigenvalue weighted by molar-refractivity contribution is 0.598. The molecule has 6 nitrogen and oxygen atoms in total.